The molecule has 1 saturated heterocycles. The molecule has 0 spiro atoms. The summed E-state index contributed by atoms with van der Waals surface area (Å²) in [6, 6.07) is 0.539. The minimum Gasteiger partial charge on any atom is -0.407 e. The number of alkyl halides is 1. The Morgan fingerprint density at radius 2 is 2.25 bits per heavy atom. The molecular weight excluding hydrogens is 230 g/mol. The summed E-state index contributed by atoms with van der Waals surface area (Å²) in [5.41, 5.74) is 0. The molecule has 0 bridgehead atoms. The van der Waals surface area contributed by atoms with Crippen molar-refractivity contribution in [2.24, 2.45) is 11.8 Å². The highest BCUT2D eigenvalue weighted by Gasteiger charge is 2.43. The zero-order valence-corrected chi connectivity index (χ0v) is 9.60. The van der Waals surface area contributed by atoms with Crippen LogP contribution in [-0.4, -0.2) is 34.5 Å². The number of hydrogen-bond donors (Lipinski definition) is 1. The van der Waals surface area contributed by atoms with Crippen molar-refractivity contribution in [1.29, 1.82) is 0 Å². The Labute approximate surface area is 98.4 Å². The number of rotatable bonds is 2. The molecule has 0 aromatic carbocycles. The van der Waals surface area contributed by atoms with Crippen LogP contribution in [0.2, 0.25) is 0 Å². The molecule has 2 heterocycles. The van der Waals surface area contributed by atoms with E-state index in [2.05, 4.69) is 15.1 Å². The van der Waals surface area contributed by atoms with Crippen molar-refractivity contribution in [3.63, 3.8) is 0 Å². The van der Waals surface area contributed by atoms with Gasteiger partial charge in [0.05, 0.1) is 6.10 Å². The minimum absolute atomic E-state index is 0.162. The van der Waals surface area contributed by atoms with E-state index in [1.807, 2.05) is 0 Å². The summed E-state index contributed by atoms with van der Waals surface area (Å²) >= 11 is 5.61. The lowest BCUT2D eigenvalue weighted by Gasteiger charge is -2.15. The van der Waals surface area contributed by atoms with E-state index in [1.165, 1.54) is 0 Å². The highest BCUT2D eigenvalue weighted by molar-refractivity contribution is 6.16. The summed E-state index contributed by atoms with van der Waals surface area (Å²) in [5, 5.41) is 17.6. The smallest absolute Gasteiger partial charge is 0.318 e. The standard InChI is InChI=1S/C10H14ClN3O2/c11-3-9-12-13-10(16-9)14-4-6-1-2-8(15)7(6)5-14/h6-8,15H,1-5H2. The quantitative estimate of drug-likeness (QED) is 0.786. The van der Waals surface area contributed by atoms with Crippen LogP contribution in [0.4, 0.5) is 6.01 Å². The summed E-state index contributed by atoms with van der Waals surface area (Å²) in [7, 11) is 0. The van der Waals surface area contributed by atoms with Crippen LogP contribution in [0.1, 0.15) is 18.7 Å². The SMILES string of the molecule is OC1CCC2CN(c3nnc(CCl)o3)CC12. The number of aliphatic hydroxyl groups excluding tert-OH is 1. The second-order valence-electron chi connectivity index (χ2n) is 4.59. The zero-order chi connectivity index (χ0) is 11.1. The fourth-order valence-electron chi connectivity index (χ4n) is 2.82. The average molecular weight is 244 g/mol. The van der Waals surface area contributed by atoms with E-state index in [4.69, 9.17) is 16.0 Å². The third kappa shape index (κ3) is 1.58. The molecule has 16 heavy (non-hydrogen) atoms. The Kier molecular flexibility index (Phi) is 2.52. The first kappa shape index (κ1) is 10.4. The third-order valence-corrected chi connectivity index (χ3v) is 3.89. The van der Waals surface area contributed by atoms with Gasteiger partial charge in [0.1, 0.15) is 5.88 Å². The normalized spacial score (nSPS) is 33.4. The summed E-state index contributed by atoms with van der Waals surface area (Å²) in [6.45, 7) is 1.72. The molecule has 1 aromatic rings. The van der Waals surface area contributed by atoms with Gasteiger partial charge in [0.15, 0.2) is 0 Å². The van der Waals surface area contributed by atoms with Gasteiger partial charge in [-0.2, -0.15) is 0 Å². The predicted octanol–water partition coefficient (Wildman–Crippen LogP) is 1.02. The van der Waals surface area contributed by atoms with Gasteiger partial charge in [-0.15, -0.1) is 16.7 Å². The van der Waals surface area contributed by atoms with Crippen LogP contribution in [-0.2, 0) is 5.88 Å². The average Bonchev–Trinajstić information content (AvgIpc) is 2.95. The van der Waals surface area contributed by atoms with Crippen molar-refractivity contribution in [2.45, 2.75) is 24.8 Å². The number of anilines is 1. The molecule has 88 valence electrons. The Balaban J connectivity index is 1.74. The van der Waals surface area contributed by atoms with Crippen LogP contribution in [0.25, 0.3) is 0 Å². The van der Waals surface area contributed by atoms with Gasteiger partial charge < -0.3 is 14.4 Å². The summed E-state index contributed by atoms with van der Waals surface area (Å²) in [4.78, 5) is 2.06. The van der Waals surface area contributed by atoms with Crippen LogP contribution in [0.3, 0.4) is 0 Å². The number of aromatic nitrogens is 2. The van der Waals surface area contributed by atoms with E-state index in [9.17, 15) is 5.11 Å². The fraction of sp³-hybridized carbons (Fsp3) is 0.800. The van der Waals surface area contributed by atoms with E-state index < -0.39 is 0 Å². The van der Waals surface area contributed by atoms with Crippen molar-refractivity contribution >= 4 is 17.6 Å². The Morgan fingerprint density at radius 1 is 1.38 bits per heavy atom. The molecule has 6 heteroatoms. The summed E-state index contributed by atoms with van der Waals surface area (Å²) in [5.74, 6) is 1.64. The van der Waals surface area contributed by atoms with Crippen LogP contribution in [0.15, 0.2) is 4.42 Å². The molecule has 3 atom stereocenters. The van der Waals surface area contributed by atoms with Gasteiger partial charge in [-0.25, -0.2) is 0 Å². The van der Waals surface area contributed by atoms with Crippen LogP contribution in [0.5, 0.6) is 0 Å². The largest absolute Gasteiger partial charge is 0.407 e. The van der Waals surface area contributed by atoms with E-state index >= 15 is 0 Å². The molecule has 1 saturated carbocycles. The Morgan fingerprint density at radius 3 is 2.94 bits per heavy atom. The van der Waals surface area contributed by atoms with Crippen LogP contribution >= 0.6 is 11.6 Å². The van der Waals surface area contributed by atoms with Gasteiger partial charge in [-0.05, 0) is 18.8 Å². The van der Waals surface area contributed by atoms with E-state index in [0.29, 0.717) is 23.7 Å². The molecule has 5 nitrogen and oxygen atoms in total. The molecule has 1 aliphatic heterocycles. The topological polar surface area (TPSA) is 62.4 Å². The summed E-state index contributed by atoms with van der Waals surface area (Å²) < 4.78 is 5.41. The van der Waals surface area contributed by atoms with E-state index in [0.717, 1.165) is 25.9 Å². The highest BCUT2D eigenvalue weighted by atomic mass is 35.5. The molecule has 1 aliphatic carbocycles. The van der Waals surface area contributed by atoms with E-state index in [1.54, 1.807) is 0 Å². The first-order valence-corrected chi connectivity index (χ1v) is 6.12. The number of fused-ring (bicyclic) bond motifs is 1. The predicted molar refractivity (Wildman–Crippen MR) is 58.3 cm³/mol. The molecule has 1 N–H and O–H groups in total. The molecule has 0 radical (unpaired) electrons. The first-order valence-electron chi connectivity index (χ1n) is 5.59. The molecule has 2 fully saturated rings. The second-order valence-corrected chi connectivity index (χ2v) is 4.85. The maximum absolute atomic E-state index is 9.80. The van der Waals surface area contributed by atoms with Crippen molar-refractivity contribution < 1.29 is 9.52 Å². The number of nitrogens with zero attached hydrogens (tertiary/aromatic N) is 3. The molecular formula is C10H14ClN3O2. The van der Waals surface area contributed by atoms with Crippen LogP contribution < -0.4 is 4.90 Å². The lowest BCUT2D eigenvalue weighted by Crippen LogP contribution is -2.24. The van der Waals surface area contributed by atoms with E-state index in [-0.39, 0.29) is 12.0 Å². The monoisotopic (exact) mass is 243 g/mol. The lowest BCUT2D eigenvalue weighted by atomic mass is 10.00. The third-order valence-electron chi connectivity index (χ3n) is 3.66. The first-order chi connectivity index (χ1) is 7.78. The van der Waals surface area contributed by atoms with Gasteiger partial charge in [-0.1, -0.05) is 5.10 Å². The molecule has 3 unspecified atom stereocenters. The maximum atomic E-state index is 9.80. The van der Waals surface area contributed by atoms with Gasteiger partial charge in [0, 0.05) is 19.0 Å². The molecule has 3 rings (SSSR count). The van der Waals surface area contributed by atoms with Crippen molar-refractivity contribution in [1.82, 2.24) is 10.2 Å². The second kappa shape index (κ2) is 3.89. The molecule has 1 aromatic heterocycles. The molecule has 0 amide bonds. The Hall–Kier alpha value is -0.810. The number of aliphatic hydroxyl groups is 1. The van der Waals surface area contributed by atoms with Crippen molar-refractivity contribution in [2.75, 3.05) is 18.0 Å². The van der Waals surface area contributed by atoms with Gasteiger partial charge in [0.25, 0.3) is 0 Å². The fourth-order valence-corrected chi connectivity index (χ4v) is 2.93. The number of hydrogen-bond acceptors (Lipinski definition) is 5. The van der Waals surface area contributed by atoms with Crippen molar-refractivity contribution in [3.8, 4) is 0 Å². The zero-order valence-electron chi connectivity index (χ0n) is 8.84. The van der Waals surface area contributed by atoms with Crippen molar-refractivity contribution in [3.05, 3.63) is 5.89 Å². The van der Waals surface area contributed by atoms with Gasteiger partial charge in [-0.3, -0.25) is 0 Å². The summed E-state index contributed by atoms with van der Waals surface area (Å²) in [6.07, 6.45) is 1.86. The number of halogens is 1. The Bertz CT molecular complexity index is 384. The maximum Gasteiger partial charge on any atom is 0.318 e. The highest BCUT2D eigenvalue weighted by Crippen LogP contribution is 2.39. The van der Waals surface area contributed by atoms with Gasteiger partial charge >= 0.3 is 6.01 Å². The lowest BCUT2D eigenvalue weighted by molar-refractivity contribution is 0.133. The minimum atomic E-state index is -0.162. The van der Waals surface area contributed by atoms with Gasteiger partial charge in [0.2, 0.25) is 5.89 Å². The van der Waals surface area contributed by atoms with Crippen LogP contribution in [0, 0.1) is 11.8 Å². The molecule has 2 aliphatic rings.